The number of hydrogen-bond acceptors (Lipinski definition) is 2. The number of rotatable bonds is 7. The molecular weight excluding hydrogens is 724 g/mol. The minimum Gasteiger partial charge on any atom is -0.310 e. The fourth-order valence-corrected chi connectivity index (χ4v) is 9.77. The molecule has 0 radical (unpaired) electrons. The fraction of sp³-hybridized carbons (Fsp3) is 0.0182. The highest BCUT2D eigenvalue weighted by atomic mass is 35.5. The van der Waals surface area contributed by atoms with Gasteiger partial charge in [0.15, 0.2) is 0 Å². The molecular formula is C55H37ClN2. The average molecular weight is 761 g/mol. The molecule has 0 saturated heterocycles. The summed E-state index contributed by atoms with van der Waals surface area (Å²) in [5.41, 5.74) is 18.6. The molecule has 0 amide bonds. The van der Waals surface area contributed by atoms with Crippen molar-refractivity contribution in [3.63, 3.8) is 0 Å². The van der Waals surface area contributed by atoms with E-state index >= 15 is 0 Å². The van der Waals surface area contributed by atoms with E-state index in [1.165, 1.54) is 55.6 Å². The number of halogens is 1. The summed E-state index contributed by atoms with van der Waals surface area (Å²) in [6.45, 7) is 0. The molecule has 3 heteroatoms. The lowest BCUT2D eigenvalue weighted by atomic mass is 9.70. The number of hydrogen-bond donors (Lipinski definition) is 0. The van der Waals surface area contributed by atoms with Crippen molar-refractivity contribution in [2.75, 3.05) is 9.80 Å². The van der Waals surface area contributed by atoms with E-state index in [2.05, 4.69) is 216 Å². The Hall–Kier alpha value is -7.13. The fourth-order valence-electron chi connectivity index (χ4n) is 9.58. The highest BCUT2D eigenvalue weighted by Gasteiger charge is 2.52. The third kappa shape index (κ3) is 5.26. The largest absolute Gasteiger partial charge is 0.310 e. The van der Waals surface area contributed by atoms with Crippen LogP contribution in [0.4, 0.5) is 34.1 Å². The minimum atomic E-state index is -0.448. The summed E-state index contributed by atoms with van der Waals surface area (Å²) in [5.74, 6) is 0. The van der Waals surface area contributed by atoms with E-state index in [9.17, 15) is 0 Å². The van der Waals surface area contributed by atoms with E-state index in [-0.39, 0.29) is 0 Å². The second kappa shape index (κ2) is 13.8. The van der Waals surface area contributed by atoms with Crippen LogP contribution in [0.15, 0.2) is 224 Å². The van der Waals surface area contributed by atoms with E-state index in [4.69, 9.17) is 11.6 Å². The van der Waals surface area contributed by atoms with Gasteiger partial charge in [-0.05, 0) is 117 Å². The lowest BCUT2D eigenvalue weighted by Gasteiger charge is -2.32. The van der Waals surface area contributed by atoms with Crippen LogP contribution in [0.3, 0.4) is 0 Å². The van der Waals surface area contributed by atoms with E-state index < -0.39 is 5.41 Å². The van der Waals surface area contributed by atoms with Crippen molar-refractivity contribution in [3.05, 3.63) is 252 Å². The molecule has 0 aliphatic heterocycles. The molecule has 2 nitrogen and oxygen atoms in total. The van der Waals surface area contributed by atoms with Gasteiger partial charge in [0.05, 0.1) is 11.1 Å². The van der Waals surface area contributed by atoms with Gasteiger partial charge in [0.1, 0.15) is 0 Å². The van der Waals surface area contributed by atoms with Crippen molar-refractivity contribution in [1.29, 1.82) is 0 Å². The van der Waals surface area contributed by atoms with Gasteiger partial charge in [-0.3, -0.25) is 0 Å². The molecule has 9 aromatic rings. The molecule has 11 rings (SSSR count). The normalized spacial score (nSPS) is 12.7. The summed E-state index contributed by atoms with van der Waals surface area (Å²) in [6, 6.07) is 81.0. The summed E-state index contributed by atoms with van der Waals surface area (Å²) >= 11 is 6.64. The van der Waals surface area contributed by atoms with Gasteiger partial charge < -0.3 is 9.80 Å². The lowest BCUT2D eigenvalue weighted by Crippen LogP contribution is -2.26. The molecule has 0 heterocycles. The molecule has 0 aromatic heterocycles. The minimum absolute atomic E-state index is 0.448. The first-order valence-corrected chi connectivity index (χ1v) is 20.2. The third-order valence-corrected chi connectivity index (χ3v) is 12.1. The van der Waals surface area contributed by atoms with Crippen molar-refractivity contribution in [1.82, 2.24) is 0 Å². The van der Waals surface area contributed by atoms with Crippen LogP contribution in [0.25, 0.3) is 33.4 Å². The van der Waals surface area contributed by atoms with E-state index in [0.29, 0.717) is 5.02 Å². The highest BCUT2D eigenvalue weighted by Crippen LogP contribution is 2.64. The first-order valence-electron chi connectivity index (χ1n) is 19.8. The zero-order valence-corrected chi connectivity index (χ0v) is 32.4. The van der Waals surface area contributed by atoms with Gasteiger partial charge in [0.25, 0.3) is 0 Å². The monoisotopic (exact) mass is 760 g/mol. The van der Waals surface area contributed by atoms with Gasteiger partial charge >= 0.3 is 0 Å². The van der Waals surface area contributed by atoms with Crippen LogP contribution in [0.1, 0.15) is 22.3 Å². The first kappa shape index (κ1) is 34.1. The Labute approximate surface area is 344 Å². The number of anilines is 6. The van der Waals surface area contributed by atoms with E-state index in [1.54, 1.807) is 0 Å². The van der Waals surface area contributed by atoms with Gasteiger partial charge in [-0.2, -0.15) is 0 Å². The molecule has 0 fully saturated rings. The highest BCUT2D eigenvalue weighted by molar-refractivity contribution is 6.30. The van der Waals surface area contributed by atoms with Gasteiger partial charge in [-0.15, -0.1) is 0 Å². The number of benzene rings is 9. The standard InChI is InChI=1S/C55H37ClN2/c56-40-18-13-21-43(36-40)57(41-19-5-2-6-20-41)44-22-14-23-45(37-44)58(42-34-32-39(33-35-42)38-16-3-1-4-17-38)53-31-15-30-52-54(53)48-26-9-12-29-51(48)55(52)49-27-10-7-24-46(49)47-25-8-11-28-50(47)55/h1-37H. The molecule has 274 valence electrons. The molecule has 0 N–H and O–H groups in total. The van der Waals surface area contributed by atoms with Crippen LogP contribution in [-0.4, -0.2) is 0 Å². The van der Waals surface area contributed by atoms with Crippen molar-refractivity contribution >= 4 is 45.7 Å². The summed E-state index contributed by atoms with van der Waals surface area (Å²) in [7, 11) is 0. The van der Waals surface area contributed by atoms with Crippen LogP contribution in [-0.2, 0) is 5.41 Å². The molecule has 0 unspecified atom stereocenters. The lowest BCUT2D eigenvalue weighted by molar-refractivity contribution is 0.794. The van der Waals surface area contributed by atoms with Gasteiger partial charge in [0.2, 0.25) is 0 Å². The molecule has 2 aliphatic carbocycles. The summed E-state index contributed by atoms with van der Waals surface area (Å²) in [5, 5.41) is 0.692. The van der Waals surface area contributed by atoms with Crippen molar-refractivity contribution in [3.8, 4) is 33.4 Å². The average Bonchev–Trinajstić information content (AvgIpc) is 3.76. The van der Waals surface area contributed by atoms with Crippen LogP contribution in [0.5, 0.6) is 0 Å². The number of para-hydroxylation sites is 1. The van der Waals surface area contributed by atoms with Crippen LogP contribution in [0, 0.1) is 0 Å². The van der Waals surface area contributed by atoms with Gasteiger partial charge in [-0.1, -0.05) is 169 Å². The van der Waals surface area contributed by atoms with Crippen molar-refractivity contribution in [2.24, 2.45) is 0 Å². The Balaban J connectivity index is 1.16. The Bertz CT molecular complexity index is 2930. The molecule has 2 aliphatic rings. The maximum Gasteiger partial charge on any atom is 0.0726 e. The SMILES string of the molecule is Clc1cccc(N(c2ccccc2)c2cccc(N(c3ccc(-c4ccccc4)cc3)c3cccc4c3-c3ccccc3C43c4ccccc4-c4ccccc43)c2)c1. The quantitative estimate of drug-likeness (QED) is 0.160. The zero-order chi connectivity index (χ0) is 38.6. The Morgan fingerprint density at radius 3 is 1.41 bits per heavy atom. The van der Waals surface area contributed by atoms with Gasteiger partial charge in [-0.25, -0.2) is 0 Å². The molecule has 1 spiro atoms. The summed E-state index contributed by atoms with van der Waals surface area (Å²) in [6.07, 6.45) is 0. The smallest absolute Gasteiger partial charge is 0.0726 e. The summed E-state index contributed by atoms with van der Waals surface area (Å²) in [4.78, 5) is 4.72. The maximum atomic E-state index is 6.64. The number of nitrogens with zero attached hydrogens (tertiary/aromatic N) is 2. The molecule has 58 heavy (non-hydrogen) atoms. The topological polar surface area (TPSA) is 6.48 Å². The van der Waals surface area contributed by atoms with E-state index in [0.717, 1.165) is 34.1 Å². The van der Waals surface area contributed by atoms with Crippen LogP contribution < -0.4 is 9.80 Å². The predicted molar refractivity (Wildman–Crippen MR) is 243 cm³/mol. The maximum absolute atomic E-state index is 6.64. The Morgan fingerprint density at radius 2 is 0.759 bits per heavy atom. The number of fused-ring (bicyclic) bond motifs is 10. The molecule has 9 aromatic carbocycles. The molecule has 0 bridgehead atoms. The Morgan fingerprint density at radius 1 is 0.310 bits per heavy atom. The zero-order valence-electron chi connectivity index (χ0n) is 31.6. The third-order valence-electron chi connectivity index (χ3n) is 11.9. The van der Waals surface area contributed by atoms with Crippen LogP contribution in [0.2, 0.25) is 5.02 Å². The van der Waals surface area contributed by atoms with Crippen LogP contribution >= 0.6 is 11.6 Å². The first-order chi connectivity index (χ1) is 28.7. The van der Waals surface area contributed by atoms with Crippen molar-refractivity contribution in [2.45, 2.75) is 5.41 Å². The predicted octanol–water partition coefficient (Wildman–Crippen LogP) is 15.3. The molecule has 0 atom stereocenters. The van der Waals surface area contributed by atoms with E-state index in [1.807, 2.05) is 18.2 Å². The summed E-state index contributed by atoms with van der Waals surface area (Å²) < 4.78 is 0. The second-order valence-corrected chi connectivity index (χ2v) is 15.4. The Kier molecular flexibility index (Phi) is 8.13. The second-order valence-electron chi connectivity index (χ2n) is 15.0. The van der Waals surface area contributed by atoms with Gasteiger partial charge in [0, 0.05) is 39.0 Å². The molecule has 0 saturated carbocycles. The van der Waals surface area contributed by atoms with Crippen molar-refractivity contribution < 1.29 is 0 Å².